The van der Waals surface area contributed by atoms with Crippen LogP contribution in [0.5, 0.6) is 0 Å². The zero-order valence-corrected chi connectivity index (χ0v) is 17.1. The number of rotatable bonds is 3. The topological polar surface area (TPSA) is 23.6 Å². The molecule has 0 N–H and O–H groups in total. The first-order valence-electron chi connectivity index (χ1n) is 11.1. The van der Waals surface area contributed by atoms with E-state index in [2.05, 4.69) is 35.2 Å². The quantitative estimate of drug-likeness (QED) is 0.743. The van der Waals surface area contributed by atoms with Crippen molar-refractivity contribution in [2.24, 2.45) is 11.8 Å². The summed E-state index contributed by atoms with van der Waals surface area (Å²) in [7, 11) is 0. The van der Waals surface area contributed by atoms with Crippen LogP contribution < -0.4 is 0 Å². The first-order valence-corrected chi connectivity index (χ1v) is 11.1. The van der Waals surface area contributed by atoms with Gasteiger partial charge in [-0.2, -0.15) is 0 Å². The van der Waals surface area contributed by atoms with Crippen LogP contribution >= 0.6 is 0 Å². The van der Waals surface area contributed by atoms with Gasteiger partial charge in [0.1, 0.15) is 0 Å². The maximum Gasteiger partial charge on any atom is 0.256 e. The summed E-state index contributed by atoms with van der Waals surface area (Å²) in [6.07, 6.45) is 5.82. The molecule has 0 unspecified atom stereocenters. The molecule has 5 heteroatoms. The summed E-state index contributed by atoms with van der Waals surface area (Å²) >= 11 is 0. The Morgan fingerprint density at radius 2 is 1.80 bits per heavy atom. The van der Waals surface area contributed by atoms with Crippen molar-refractivity contribution in [2.45, 2.75) is 44.2 Å². The number of amides is 1. The predicted octanol–water partition coefficient (Wildman–Crippen LogP) is 4.52. The summed E-state index contributed by atoms with van der Waals surface area (Å²) in [5.41, 5.74) is 1.25. The molecule has 0 saturated carbocycles. The second kappa shape index (κ2) is 8.10. The normalized spacial score (nSPS) is 28.8. The van der Waals surface area contributed by atoms with Crippen molar-refractivity contribution in [2.75, 3.05) is 19.6 Å². The van der Waals surface area contributed by atoms with Crippen molar-refractivity contribution in [3.63, 3.8) is 0 Å². The molecular formula is C25H28F2N2O. The van der Waals surface area contributed by atoms with E-state index >= 15 is 0 Å². The van der Waals surface area contributed by atoms with E-state index in [-0.39, 0.29) is 11.5 Å². The number of fused-ring (bicyclic) bond motifs is 4. The third kappa shape index (κ3) is 3.64. The van der Waals surface area contributed by atoms with Gasteiger partial charge in [0.25, 0.3) is 5.91 Å². The number of halogens is 2. The molecule has 0 aliphatic carbocycles. The summed E-state index contributed by atoms with van der Waals surface area (Å²) < 4.78 is 27.8. The van der Waals surface area contributed by atoms with Gasteiger partial charge in [0.15, 0.2) is 11.6 Å². The Morgan fingerprint density at radius 1 is 0.967 bits per heavy atom. The van der Waals surface area contributed by atoms with Crippen LogP contribution in [0.15, 0.2) is 48.5 Å². The largest absolute Gasteiger partial charge is 0.338 e. The lowest BCUT2D eigenvalue weighted by atomic mass is 9.74. The van der Waals surface area contributed by atoms with Crippen LogP contribution in [0.4, 0.5) is 8.78 Å². The molecule has 5 rings (SSSR count). The number of carbonyl (C=O) groups excluding carboxylic acids is 1. The maximum atomic E-state index is 14.2. The molecule has 2 bridgehead atoms. The Bertz CT molecular complexity index is 919. The van der Waals surface area contributed by atoms with Gasteiger partial charge >= 0.3 is 0 Å². The van der Waals surface area contributed by atoms with Crippen LogP contribution in [-0.4, -0.2) is 47.4 Å². The molecule has 0 spiro atoms. The van der Waals surface area contributed by atoms with Gasteiger partial charge < -0.3 is 4.90 Å². The van der Waals surface area contributed by atoms with Crippen molar-refractivity contribution in [3.8, 4) is 0 Å². The molecule has 4 atom stereocenters. The standard InChI is InChI=1S/C25H28F2N2O/c26-22-10-5-9-21(24(22)27)25(30)28-14-18-12-19(16-28)23-11-4-8-20(29(23)15-18)13-17-6-2-1-3-7-17/h1-3,5-7,9-10,18-20,23H,4,8,11-16H2/t18-,19+,20+,23-/m0/s1. The van der Waals surface area contributed by atoms with Crippen LogP contribution in [-0.2, 0) is 6.42 Å². The highest BCUT2D eigenvalue weighted by molar-refractivity contribution is 5.94. The van der Waals surface area contributed by atoms with Gasteiger partial charge in [-0.1, -0.05) is 42.8 Å². The van der Waals surface area contributed by atoms with Gasteiger partial charge in [-0.25, -0.2) is 8.78 Å². The van der Waals surface area contributed by atoms with Crippen molar-refractivity contribution in [3.05, 3.63) is 71.3 Å². The zero-order valence-electron chi connectivity index (χ0n) is 17.1. The minimum atomic E-state index is -1.03. The van der Waals surface area contributed by atoms with E-state index in [1.807, 2.05) is 0 Å². The van der Waals surface area contributed by atoms with Gasteiger partial charge in [-0.3, -0.25) is 9.69 Å². The molecule has 3 saturated heterocycles. The van der Waals surface area contributed by atoms with Gasteiger partial charge in [0.2, 0.25) is 0 Å². The molecular weight excluding hydrogens is 382 g/mol. The van der Waals surface area contributed by atoms with E-state index < -0.39 is 11.6 Å². The third-order valence-electron chi connectivity index (χ3n) is 7.30. The molecule has 3 heterocycles. The Morgan fingerprint density at radius 3 is 2.63 bits per heavy atom. The highest BCUT2D eigenvalue weighted by atomic mass is 19.2. The highest BCUT2D eigenvalue weighted by Crippen LogP contribution is 2.40. The zero-order chi connectivity index (χ0) is 20.7. The number of benzene rings is 2. The lowest BCUT2D eigenvalue weighted by Crippen LogP contribution is -2.62. The number of hydrogen-bond acceptors (Lipinski definition) is 2. The smallest absolute Gasteiger partial charge is 0.256 e. The summed E-state index contributed by atoms with van der Waals surface area (Å²) in [4.78, 5) is 17.5. The van der Waals surface area contributed by atoms with Crippen LogP contribution in [0.2, 0.25) is 0 Å². The molecule has 3 fully saturated rings. The van der Waals surface area contributed by atoms with Crippen LogP contribution in [0.1, 0.15) is 41.6 Å². The van der Waals surface area contributed by atoms with Crippen LogP contribution in [0.3, 0.4) is 0 Å². The van der Waals surface area contributed by atoms with E-state index in [1.165, 1.54) is 37.0 Å². The van der Waals surface area contributed by atoms with Crippen molar-refractivity contribution < 1.29 is 13.6 Å². The van der Waals surface area contributed by atoms with Gasteiger partial charge in [-0.05, 0) is 55.2 Å². The van der Waals surface area contributed by atoms with E-state index in [0.717, 1.165) is 25.5 Å². The molecule has 2 aromatic carbocycles. The van der Waals surface area contributed by atoms with E-state index in [0.29, 0.717) is 37.0 Å². The first-order chi connectivity index (χ1) is 14.6. The summed E-state index contributed by atoms with van der Waals surface area (Å²) in [5, 5.41) is 0. The SMILES string of the molecule is O=C(c1cccc(F)c1F)N1C[C@@H]2C[C@H](C1)[C@@H]1CCC[C@H](Cc3ccccc3)N1C2. The molecule has 3 nitrogen and oxygen atoms in total. The maximum absolute atomic E-state index is 14.2. The number of likely N-dealkylation sites (tertiary alicyclic amines) is 1. The Kier molecular flexibility index (Phi) is 5.32. The molecule has 2 aromatic rings. The lowest BCUT2D eigenvalue weighted by Gasteiger charge is -2.55. The number of piperidine rings is 3. The van der Waals surface area contributed by atoms with Gasteiger partial charge in [0.05, 0.1) is 5.56 Å². The number of carbonyl (C=O) groups is 1. The molecule has 0 radical (unpaired) electrons. The molecule has 0 aromatic heterocycles. The second-order valence-corrected chi connectivity index (χ2v) is 9.21. The van der Waals surface area contributed by atoms with E-state index in [9.17, 15) is 13.6 Å². The first kappa shape index (κ1) is 19.7. The second-order valence-electron chi connectivity index (χ2n) is 9.21. The van der Waals surface area contributed by atoms with E-state index in [1.54, 1.807) is 4.90 Å². The van der Waals surface area contributed by atoms with Gasteiger partial charge in [-0.15, -0.1) is 0 Å². The Balaban J connectivity index is 1.32. The molecule has 3 aliphatic rings. The Hall–Kier alpha value is -2.27. The van der Waals surface area contributed by atoms with Crippen molar-refractivity contribution >= 4 is 5.91 Å². The summed E-state index contributed by atoms with van der Waals surface area (Å²) in [6.45, 7) is 2.27. The minimum absolute atomic E-state index is 0.141. The number of nitrogens with zero attached hydrogens (tertiary/aromatic N) is 2. The number of hydrogen-bond donors (Lipinski definition) is 0. The predicted molar refractivity (Wildman–Crippen MR) is 112 cm³/mol. The van der Waals surface area contributed by atoms with Crippen molar-refractivity contribution in [1.82, 2.24) is 9.80 Å². The fourth-order valence-corrected chi connectivity index (χ4v) is 6.02. The molecule has 3 aliphatic heterocycles. The van der Waals surface area contributed by atoms with E-state index in [4.69, 9.17) is 0 Å². The van der Waals surface area contributed by atoms with Crippen LogP contribution in [0.25, 0.3) is 0 Å². The van der Waals surface area contributed by atoms with Crippen LogP contribution in [0, 0.1) is 23.5 Å². The molecule has 30 heavy (non-hydrogen) atoms. The molecule has 158 valence electrons. The summed E-state index contributed by atoms with van der Waals surface area (Å²) in [6, 6.07) is 15.6. The summed E-state index contributed by atoms with van der Waals surface area (Å²) in [5.74, 6) is -1.54. The third-order valence-corrected chi connectivity index (χ3v) is 7.30. The average molecular weight is 411 g/mol. The highest BCUT2D eigenvalue weighted by Gasteiger charge is 2.45. The minimum Gasteiger partial charge on any atom is -0.338 e. The fraction of sp³-hybridized carbons (Fsp3) is 0.480. The average Bonchev–Trinajstić information content (AvgIpc) is 2.76. The lowest BCUT2D eigenvalue weighted by molar-refractivity contribution is -0.0499. The molecule has 1 amide bonds. The Labute approximate surface area is 176 Å². The van der Waals surface area contributed by atoms with Gasteiger partial charge in [0, 0.05) is 31.7 Å². The monoisotopic (exact) mass is 410 g/mol. The van der Waals surface area contributed by atoms with Crippen molar-refractivity contribution in [1.29, 1.82) is 0 Å². The fourth-order valence-electron chi connectivity index (χ4n) is 6.02.